The fraction of sp³-hybridized carbons (Fsp3) is 0.324. The average Bonchev–Trinajstić information content (AvgIpc) is 3.13. The van der Waals surface area contributed by atoms with Crippen molar-refractivity contribution in [3.8, 4) is 22.3 Å². The number of aromatic nitrogens is 1. The summed E-state index contributed by atoms with van der Waals surface area (Å²) in [5.74, 6) is -0.942. The van der Waals surface area contributed by atoms with Crippen molar-refractivity contribution in [2.45, 2.75) is 24.7 Å². The summed E-state index contributed by atoms with van der Waals surface area (Å²) in [5.41, 5.74) is 10.2. The summed E-state index contributed by atoms with van der Waals surface area (Å²) in [6.07, 6.45) is 2.21. The van der Waals surface area contributed by atoms with Gasteiger partial charge in [0.15, 0.2) is 0 Å². The highest BCUT2D eigenvalue weighted by molar-refractivity contribution is 7.92. The second-order valence-electron chi connectivity index (χ2n) is 11.7. The van der Waals surface area contributed by atoms with Gasteiger partial charge in [0.25, 0.3) is 15.9 Å². The van der Waals surface area contributed by atoms with E-state index < -0.39 is 15.8 Å². The molecule has 0 unspecified atom stereocenters. The highest BCUT2D eigenvalue weighted by Gasteiger charge is 2.20. The Balaban J connectivity index is 1.11. The fourth-order valence-electron chi connectivity index (χ4n) is 5.37. The second-order valence-corrected chi connectivity index (χ2v) is 13.4. The molecule has 0 radical (unpaired) electrons. The number of rotatable bonds is 19. The number of ether oxygens (including phenoxy) is 4. The van der Waals surface area contributed by atoms with E-state index in [0.29, 0.717) is 81.6 Å². The molecule has 5 N–H and O–H groups in total. The number of carbonyl (C=O) groups excluding carboxylic acids is 2. The monoisotopic (exact) mass is 735 g/mol. The zero-order valence-corrected chi connectivity index (χ0v) is 29.6. The molecule has 2 amide bonds. The van der Waals surface area contributed by atoms with Crippen molar-refractivity contribution < 1.29 is 41.3 Å². The number of amides is 2. The Labute approximate surface area is 302 Å². The minimum atomic E-state index is -4.16. The number of nitrogens with one attached hydrogen (secondary N) is 3. The van der Waals surface area contributed by atoms with E-state index in [-0.39, 0.29) is 46.8 Å². The number of benzene rings is 3. The largest absolute Gasteiger partial charge is 0.383 e. The van der Waals surface area contributed by atoms with Crippen molar-refractivity contribution in [1.82, 2.24) is 10.3 Å². The quantitative estimate of drug-likeness (QED) is 0.0992. The van der Waals surface area contributed by atoms with Crippen LogP contribution in [0.5, 0.6) is 0 Å². The number of pyridine rings is 1. The van der Waals surface area contributed by atoms with Crippen molar-refractivity contribution in [3.05, 3.63) is 89.9 Å². The van der Waals surface area contributed by atoms with E-state index in [2.05, 4.69) is 20.3 Å². The van der Waals surface area contributed by atoms with Crippen LogP contribution in [-0.2, 0) is 40.2 Å². The zero-order chi connectivity index (χ0) is 36.9. The lowest BCUT2D eigenvalue weighted by Gasteiger charge is -2.18. The molecular formula is C37H42FN5O8S. The molecule has 15 heteroatoms. The molecule has 0 atom stereocenters. The highest BCUT2D eigenvalue weighted by Crippen LogP contribution is 2.33. The lowest BCUT2D eigenvalue weighted by atomic mass is 9.94. The Bertz CT molecular complexity index is 1960. The Morgan fingerprint density at radius 3 is 2.17 bits per heavy atom. The number of fused-ring (bicyclic) bond motifs is 1. The van der Waals surface area contributed by atoms with Crippen molar-refractivity contribution in [2.24, 2.45) is 0 Å². The molecule has 4 aromatic rings. The first-order valence-electron chi connectivity index (χ1n) is 16.8. The van der Waals surface area contributed by atoms with Gasteiger partial charge in [-0.15, -0.1) is 0 Å². The van der Waals surface area contributed by atoms with Crippen LogP contribution in [0, 0.1) is 5.82 Å². The van der Waals surface area contributed by atoms with E-state index in [1.165, 1.54) is 30.5 Å². The Morgan fingerprint density at radius 1 is 0.827 bits per heavy atom. The number of nitrogen functional groups attached to an aromatic ring is 1. The molecule has 3 aromatic carbocycles. The molecule has 2 heterocycles. The summed E-state index contributed by atoms with van der Waals surface area (Å²) in [6, 6.07) is 16.7. The van der Waals surface area contributed by atoms with E-state index in [4.69, 9.17) is 24.7 Å². The number of nitrogens with zero attached hydrogens (tertiary/aromatic N) is 1. The van der Waals surface area contributed by atoms with E-state index in [0.717, 1.165) is 17.2 Å². The van der Waals surface area contributed by atoms with Crippen LogP contribution >= 0.6 is 0 Å². The van der Waals surface area contributed by atoms with Gasteiger partial charge >= 0.3 is 0 Å². The molecule has 0 spiro atoms. The lowest BCUT2D eigenvalue weighted by molar-refractivity contribution is -0.117. The van der Waals surface area contributed by atoms with Gasteiger partial charge in [0, 0.05) is 53.0 Å². The summed E-state index contributed by atoms with van der Waals surface area (Å²) in [4.78, 5) is 28.4. The summed E-state index contributed by atoms with van der Waals surface area (Å²) in [6.45, 7) is 6.02. The molecule has 276 valence electrons. The van der Waals surface area contributed by atoms with Crippen LogP contribution in [0.3, 0.4) is 0 Å². The molecule has 13 nitrogen and oxygen atoms in total. The van der Waals surface area contributed by atoms with E-state index >= 15 is 4.39 Å². The van der Waals surface area contributed by atoms with Crippen molar-refractivity contribution in [2.75, 3.05) is 75.2 Å². The number of hydrogen-bond acceptors (Lipinski definition) is 10. The summed E-state index contributed by atoms with van der Waals surface area (Å²) >= 11 is 0. The SMILES string of the molecule is CCOCCOCCOCCOCCC(=O)Nc1ccc(NS(=O)(=O)c2ccc(-c3cnc(N)c(-c4ccc5c(c4)CCNC5=O)c3)c(F)c2)cc1. The van der Waals surface area contributed by atoms with Gasteiger partial charge in [-0.2, -0.15) is 0 Å². The van der Waals surface area contributed by atoms with Gasteiger partial charge in [-0.3, -0.25) is 14.3 Å². The van der Waals surface area contributed by atoms with Gasteiger partial charge < -0.3 is 35.3 Å². The van der Waals surface area contributed by atoms with Crippen LogP contribution in [0.4, 0.5) is 21.6 Å². The van der Waals surface area contributed by atoms with E-state index in [1.807, 2.05) is 13.0 Å². The third-order valence-corrected chi connectivity index (χ3v) is 9.41. The number of halogens is 1. The van der Waals surface area contributed by atoms with Crippen molar-refractivity contribution in [1.29, 1.82) is 0 Å². The smallest absolute Gasteiger partial charge is 0.261 e. The first-order valence-corrected chi connectivity index (χ1v) is 18.3. The van der Waals surface area contributed by atoms with Gasteiger partial charge in [0.2, 0.25) is 5.91 Å². The van der Waals surface area contributed by atoms with Gasteiger partial charge in [0.1, 0.15) is 11.6 Å². The number of nitrogens with two attached hydrogens (primary N) is 1. The highest BCUT2D eigenvalue weighted by atomic mass is 32.2. The predicted octanol–water partition coefficient (Wildman–Crippen LogP) is 4.64. The van der Waals surface area contributed by atoms with Crippen molar-refractivity contribution >= 4 is 39.0 Å². The van der Waals surface area contributed by atoms with E-state index in [9.17, 15) is 18.0 Å². The normalized spacial score (nSPS) is 12.6. The number of sulfonamides is 1. The molecule has 1 aromatic heterocycles. The third kappa shape index (κ3) is 10.6. The molecular weight excluding hydrogens is 693 g/mol. The lowest BCUT2D eigenvalue weighted by Crippen LogP contribution is -2.31. The van der Waals surface area contributed by atoms with Crippen LogP contribution in [0.1, 0.15) is 29.3 Å². The Kier molecular flexibility index (Phi) is 13.6. The van der Waals surface area contributed by atoms with Crippen molar-refractivity contribution in [3.63, 3.8) is 0 Å². The second kappa shape index (κ2) is 18.5. The van der Waals surface area contributed by atoms with Crippen LogP contribution < -0.4 is 21.1 Å². The van der Waals surface area contributed by atoms with E-state index in [1.54, 1.807) is 30.3 Å². The van der Waals surface area contributed by atoms with Crippen LogP contribution in [0.25, 0.3) is 22.3 Å². The van der Waals surface area contributed by atoms with Gasteiger partial charge in [-0.05, 0) is 73.0 Å². The fourth-order valence-corrected chi connectivity index (χ4v) is 6.44. The summed E-state index contributed by atoms with van der Waals surface area (Å²) in [7, 11) is -4.16. The standard InChI is InChI=1S/C37H42FN5O8S/c1-2-48-15-16-50-19-20-51-18-17-49-14-12-35(44)42-28-4-6-29(7-5-28)43-52(46,47)30-8-10-31(34(38)23-30)27-22-33(36(39)41-24-27)25-3-9-32-26(21-25)11-13-40-37(32)45/h3-10,21-24,43H,2,11-20H2,1H3,(H2,39,41)(H,40,45)(H,42,44). The zero-order valence-electron chi connectivity index (χ0n) is 28.8. The molecule has 1 aliphatic heterocycles. The topological polar surface area (TPSA) is 180 Å². The van der Waals surface area contributed by atoms with Crippen LogP contribution in [0.15, 0.2) is 77.8 Å². The average molecular weight is 736 g/mol. The molecule has 0 saturated carbocycles. The Morgan fingerprint density at radius 2 is 1.48 bits per heavy atom. The maximum absolute atomic E-state index is 15.5. The third-order valence-electron chi connectivity index (χ3n) is 8.04. The minimum Gasteiger partial charge on any atom is -0.383 e. The number of carbonyl (C=O) groups is 2. The Hall–Kier alpha value is -4.93. The molecule has 0 fully saturated rings. The van der Waals surface area contributed by atoms with Crippen LogP contribution in [-0.4, -0.2) is 84.6 Å². The molecule has 0 saturated heterocycles. The number of anilines is 3. The summed E-state index contributed by atoms with van der Waals surface area (Å²) < 4.78 is 65.6. The maximum Gasteiger partial charge on any atom is 0.261 e. The number of hydrogen-bond donors (Lipinski definition) is 4. The minimum absolute atomic E-state index is 0.123. The molecule has 0 aliphatic carbocycles. The van der Waals surface area contributed by atoms with Gasteiger partial charge in [0.05, 0.1) is 57.6 Å². The molecule has 0 bridgehead atoms. The first-order chi connectivity index (χ1) is 25.1. The molecule has 52 heavy (non-hydrogen) atoms. The van der Waals surface area contributed by atoms with Gasteiger partial charge in [-0.1, -0.05) is 18.2 Å². The van der Waals surface area contributed by atoms with Crippen LogP contribution in [0.2, 0.25) is 0 Å². The predicted molar refractivity (Wildman–Crippen MR) is 195 cm³/mol. The molecule has 1 aliphatic rings. The molecule has 5 rings (SSSR count). The van der Waals surface area contributed by atoms with Gasteiger partial charge in [-0.25, -0.2) is 17.8 Å². The maximum atomic E-state index is 15.5. The summed E-state index contributed by atoms with van der Waals surface area (Å²) in [5, 5.41) is 5.54. The first kappa shape index (κ1) is 38.3.